The molecule has 1 fully saturated rings. The molecule has 0 saturated carbocycles. The van der Waals surface area contributed by atoms with Crippen molar-refractivity contribution >= 4 is 38.5 Å². The van der Waals surface area contributed by atoms with Gasteiger partial charge >= 0.3 is 0 Å². The van der Waals surface area contributed by atoms with E-state index in [2.05, 4.69) is 21.8 Å². The number of hydrogen-bond donors (Lipinski definition) is 2. The molecule has 1 aromatic heterocycles. The van der Waals surface area contributed by atoms with E-state index in [1.54, 1.807) is 29.5 Å². The number of benzene rings is 2. The van der Waals surface area contributed by atoms with Crippen LogP contribution < -0.4 is 25.2 Å². The molecule has 30 heavy (non-hydrogen) atoms. The third kappa shape index (κ3) is 3.63. The summed E-state index contributed by atoms with van der Waals surface area (Å²) in [6, 6.07) is 12.9. The molecule has 3 aromatic rings. The van der Waals surface area contributed by atoms with Crippen molar-refractivity contribution in [3.8, 4) is 11.5 Å². The first-order chi connectivity index (χ1) is 14.7. The van der Waals surface area contributed by atoms with Gasteiger partial charge in [-0.3, -0.25) is 20.4 Å². The molecule has 5 rings (SSSR count). The lowest BCUT2D eigenvalue weighted by Gasteiger charge is -2.31. The molecule has 2 amide bonds. The number of fused-ring (bicyclic) bond motifs is 2. The molecule has 8 nitrogen and oxygen atoms in total. The van der Waals surface area contributed by atoms with Crippen LogP contribution in [0, 0.1) is 5.92 Å². The summed E-state index contributed by atoms with van der Waals surface area (Å²) >= 11 is 1.63. The topological polar surface area (TPSA) is 92.8 Å². The quantitative estimate of drug-likeness (QED) is 0.628. The van der Waals surface area contributed by atoms with Crippen molar-refractivity contribution < 1.29 is 19.1 Å². The van der Waals surface area contributed by atoms with Gasteiger partial charge in [0.25, 0.3) is 5.91 Å². The van der Waals surface area contributed by atoms with Gasteiger partial charge in [-0.25, -0.2) is 4.98 Å². The van der Waals surface area contributed by atoms with Gasteiger partial charge in [-0.15, -0.1) is 0 Å². The van der Waals surface area contributed by atoms with Crippen LogP contribution in [0.1, 0.15) is 23.2 Å². The summed E-state index contributed by atoms with van der Waals surface area (Å²) < 4.78 is 11.7. The lowest BCUT2D eigenvalue weighted by molar-refractivity contribution is -0.126. The Labute approximate surface area is 176 Å². The molecular formula is C21H20N4O4S. The number of rotatable bonds is 3. The van der Waals surface area contributed by atoms with Crippen LogP contribution in [0.4, 0.5) is 5.13 Å². The van der Waals surface area contributed by atoms with Crippen LogP contribution in [0.25, 0.3) is 10.2 Å². The lowest BCUT2D eigenvalue weighted by Crippen LogP contribution is -2.49. The fourth-order valence-corrected chi connectivity index (χ4v) is 4.69. The number of piperidine rings is 1. The largest absolute Gasteiger partial charge is 0.454 e. The number of carbonyl (C=O) groups is 2. The summed E-state index contributed by atoms with van der Waals surface area (Å²) in [5.41, 5.74) is 6.42. The maximum absolute atomic E-state index is 12.7. The highest BCUT2D eigenvalue weighted by Gasteiger charge is 2.28. The zero-order valence-corrected chi connectivity index (χ0v) is 16.9. The molecule has 0 bridgehead atoms. The molecule has 0 radical (unpaired) electrons. The molecule has 2 aliphatic heterocycles. The predicted molar refractivity (Wildman–Crippen MR) is 113 cm³/mol. The molecular weight excluding hydrogens is 404 g/mol. The third-order valence-electron chi connectivity index (χ3n) is 5.28. The average molecular weight is 424 g/mol. The van der Waals surface area contributed by atoms with Gasteiger partial charge in [-0.05, 0) is 43.2 Å². The summed E-state index contributed by atoms with van der Waals surface area (Å²) in [7, 11) is 0. The fourth-order valence-electron chi connectivity index (χ4n) is 3.69. The van der Waals surface area contributed by atoms with Gasteiger partial charge in [0.15, 0.2) is 16.6 Å². The zero-order valence-electron chi connectivity index (χ0n) is 16.1. The predicted octanol–water partition coefficient (Wildman–Crippen LogP) is 2.70. The van der Waals surface area contributed by atoms with E-state index in [0.717, 1.165) is 34.7 Å². The minimum Gasteiger partial charge on any atom is -0.454 e. The van der Waals surface area contributed by atoms with E-state index < -0.39 is 5.91 Å². The number of aromatic nitrogens is 1. The Morgan fingerprint density at radius 3 is 2.87 bits per heavy atom. The van der Waals surface area contributed by atoms with Crippen LogP contribution in [-0.2, 0) is 4.79 Å². The normalized spacial score (nSPS) is 17.7. The van der Waals surface area contributed by atoms with Crippen molar-refractivity contribution in [2.45, 2.75) is 12.8 Å². The highest BCUT2D eigenvalue weighted by atomic mass is 32.1. The number of hydrazine groups is 1. The number of nitrogens with zero attached hydrogens (tertiary/aromatic N) is 2. The maximum Gasteiger partial charge on any atom is 0.269 e. The Kier molecular flexibility index (Phi) is 4.88. The molecule has 2 N–H and O–H groups in total. The SMILES string of the molecule is O=C(NNC(=O)[C@H]1CCCN(c2nc3ccccc3s2)C1)c1ccc2c(c1)OCO2. The highest BCUT2D eigenvalue weighted by molar-refractivity contribution is 7.22. The summed E-state index contributed by atoms with van der Waals surface area (Å²) in [4.78, 5) is 31.9. The van der Waals surface area contributed by atoms with Crippen LogP contribution in [-0.4, -0.2) is 36.7 Å². The molecule has 0 unspecified atom stereocenters. The van der Waals surface area contributed by atoms with Gasteiger partial charge < -0.3 is 14.4 Å². The Hall–Kier alpha value is -3.33. The van der Waals surface area contributed by atoms with Gasteiger partial charge in [-0.1, -0.05) is 23.5 Å². The average Bonchev–Trinajstić information content (AvgIpc) is 3.43. The van der Waals surface area contributed by atoms with Crippen LogP contribution in [0.5, 0.6) is 11.5 Å². The molecule has 2 aliphatic rings. The Balaban J connectivity index is 1.20. The summed E-state index contributed by atoms with van der Waals surface area (Å²) in [6.45, 7) is 1.59. The number of ether oxygens (including phenoxy) is 2. The zero-order chi connectivity index (χ0) is 20.5. The molecule has 0 aliphatic carbocycles. The van der Waals surface area contributed by atoms with Crippen LogP contribution in [0.3, 0.4) is 0 Å². The second-order valence-electron chi connectivity index (χ2n) is 7.26. The van der Waals surface area contributed by atoms with Crippen molar-refractivity contribution in [2.75, 3.05) is 24.8 Å². The van der Waals surface area contributed by atoms with Crippen LogP contribution in [0.2, 0.25) is 0 Å². The van der Waals surface area contributed by atoms with E-state index in [1.807, 2.05) is 18.2 Å². The van der Waals surface area contributed by atoms with E-state index >= 15 is 0 Å². The third-order valence-corrected chi connectivity index (χ3v) is 6.38. The smallest absolute Gasteiger partial charge is 0.269 e. The number of para-hydroxylation sites is 1. The van der Waals surface area contributed by atoms with E-state index in [1.165, 1.54) is 0 Å². The Morgan fingerprint density at radius 1 is 1.10 bits per heavy atom. The van der Waals surface area contributed by atoms with Crippen molar-refractivity contribution in [1.29, 1.82) is 0 Å². The molecule has 1 atom stereocenters. The van der Waals surface area contributed by atoms with Crippen molar-refractivity contribution in [1.82, 2.24) is 15.8 Å². The summed E-state index contributed by atoms with van der Waals surface area (Å²) in [5, 5.41) is 0.929. The number of thiazole rings is 1. The first kappa shape index (κ1) is 18.7. The fraction of sp³-hybridized carbons (Fsp3) is 0.286. The van der Waals surface area contributed by atoms with Gasteiger partial charge in [0.1, 0.15) is 0 Å². The second kappa shape index (κ2) is 7.83. The van der Waals surface area contributed by atoms with Crippen molar-refractivity contribution in [3.05, 3.63) is 48.0 Å². The van der Waals surface area contributed by atoms with Crippen molar-refractivity contribution in [3.63, 3.8) is 0 Å². The molecule has 2 aromatic carbocycles. The van der Waals surface area contributed by atoms with E-state index in [9.17, 15) is 9.59 Å². The Bertz CT molecular complexity index is 1080. The van der Waals surface area contributed by atoms with Crippen molar-refractivity contribution in [2.24, 2.45) is 5.92 Å². The second-order valence-corrected chi connectivity index (χ2v) is 8.27. The monoisotopic (exact) mass is 424 g/mol. The van der Waals surface area contributed by atoms with Gasteiger partial charge in [-0.2, -0.15) is 0 Å². The number of anilines is 1. The molecule has 9 heteroatoms. The van der Waals surface area contributed by atoms with Gasteiger partial charge in [0.2, 0.25) is 12.7 Å². The lowest BCUT2D eigenvalue weighted by atomic mass is 9.98. The first-order valence-corrected chi connectivity index (χ1v) is 10.6. The maximum atomic E-state index is 12.7. The number of hydrogen-bond acceptors (Lipinski definition) is 7. The Morgan fingerprint density at radius 2 is 1.97 bits per heavy atom. The van der Waals surface area contributed by atoms with E-state index in [4.69, 9.17) is 14.5 Å². The molecule has 0 spiro atoms. The first-order valence-electron chi connectivity index (χ1n) is 9.78. The van der Waals surface area contributed by atoms with Crippen LogP contribution in [0.15, 0.2) is 42.5 Å². The molecule has 3 heterocycles. The highest BCUT2D eigenvalue weighted by Crippen LogP contribution is 2.33. The number of carbonyl (C=O) groups excluding carboxylic acids is 2. The standard InChI is InChI=1S/C21H20N4O4S/c26-19(13-7-8-16-17(10-13)29-12-28-16)23-24-20(27)14-4-3-9-25(11-14)21-22-15-5-1-2-6-18(15)30-21/h1-2,5-8,10,14H,3-4,9,11-12H2,(H,23,26)(H,24,27)/t14-/m0/s1. The van der Waals surface area contributed by atoms with Crippen LogP contribution >= 0.6 is 11.3 Å². The molecule has 154 valence electrons. The van der Waals surface area contributed by atoms with Gasteiger partial charge in [0, 0.05) is 18.7 Å². The van der Waals surface area contributed by atoms with E-state index in [-0.39, 0.29) is 18.6 Å². The van der Waals surface area contributed by atoms with Gasteiger partial charge in [0.05, 0.1) is 16.1 Å². The van der Waals surface area contributed by atoms with E-state index in [0.29, 0.717) is 23.6 Å². The summed E-state index contributed by atoms with van der Waals surface area (Å²) in [6.07, 6.45) is 1.66. The number of amides is 2. The molecule has 1 saturated heterocycles. The minimum atomic E-state index is -0.402. The minimum absolute atomic E-state index is 0.143. The number of nitrogens with one attached hydrogen (secondary N) is 2. The summed E-state index contributed by atoms with van der Waals surface area (Å²) in [5.74, 6) is 0.304.